The molecule has 0 aliphatic heterocycles. The number of carbonyl (C=O) groups is 1. The van der Waals surface area contributed by atoms with Gasteiger partial charge in [0.05, 0.1) is 11.1 Å². The van der Waals surface area contributed by atoms with E-state index in [2.05, 4.69) is 15.3 Å². The number of nitrogens with one attached hydrogen (secondary N) is 1. The molecule has 0 atom stereocenters. The lowest BCUT2D eigenvalue weighted by atomic mass is 9.90. The molecule has 1 fully saturated rings. The highest BCUT2D eigenvalue weighted by molar-refractivity contribution is 7.99. The first-order valence-corrected chi connectivity index (χ1v) is 15.6. The summed E-state index contributed by atoms with van der Waals surface area (Å²) in [4.78, 5) is 51.8. The molecule has 11 heteroatoms. The number of pyridine rings is 2. The number of hydrogen-bond donors (Lipinski definition) is 1. The fourth-order valence-corrected chi connectivity index (χ4v) is 6.88. The lowest BCUT2D eigenvalue weighted by Gasteiger charge is -2.30. The van der Waals surface area contributed by atoms with Crippen LogP contribution in [0.2, 0.25) is 0 Å². The molecule has 6 aromatic rings. The van der Waals surface area contributed by atoms with Gasteiger partial charge in [-0.3, -0.25) is 14.2 Å². The Morgan fingerprint density at radius 3 is 2.51 bits per heavy atom. The summed E-state index contributed by atoms with van der Waals surface area (Å²) in [6, 6.07) is 21.8. The highest BCUT2D eigenvalue weighted by Crippen LogP contribution is 2.30. The number of imidazole rings is 1. The highest BCUT2D eigenvalue weighted by atomic mass is 32.2. The second-order valence-electron chi connectivity index (χ2n) is 11.3. The molecule has 0 saturated heterocycles. The van der Waals surface area contributed by atoms with Crippen molar-refractivity contribution in [3.8, 4) is 5.69 Å². The largest absolute Gasteiger partial charge is 0.348 e. The Morgan fingerprint density at radius 1 is 0.933 bits per heavy atom. The van der Waals surface area contributed by atoms with Crippen molar-refractivity contribution >= 4 is 34.3 Å². The predicted octanol–water partition coefficient (Wildman–Crippen LogP) is 5.71. The number of aromatic nitrogens is 5. The zero-order chi connectivity index (χ0) is 31.1. The van der Waals surface area contributed by atoms with Crippen LogP contribution >= 0.6 is 11.8 Å². The molecule has 0 spiro atoms. The maximum Gasteiger partial charge on any atom is 0.337 e. The highest BCUT2D eigenvalue weighted by Gasteiger charge is 2.28. The Hall–Kier alpha value is -5.03. The third-order valence-corrected chi connectivity index (χ3v) is 9.16. The molecule has 9 nitrogen and oxygen atoms in total. The van der Waals surface area contributed by atoms with Gasteiger partial charge in [-0.2, -0.15) is 0 Å². The number of aryl methyl sites for hydroxylation is 1. The van der Waals surface area contributed by atoms with Crippen molar-refractivity contribution in [1.29, 1.82) is 0 Å². The second kappa shape index (κ2) is 11.8. The van der Waals surface area contributed by atoms with E-state index in [1.54, 1.807) is 24.0 Å². The number of halogens is 1. The average Bonchev–Trinajstić information content (AvgIpc) is 3.47. The monoisotopic (exact) mass is 620 g/mol. The predicted molar refractivity (Wildman–Crippen MR) is 171 cm³/mol. The Kier molecular flexibility index (Phi) is 7.54. The van der Waals surface area contributed by atoms with E-state index in [0.717, 1.165) is 15.4 Å². The minimum absolute atomic E-state index is 0.149. The van der Waals surface area contributed by atoms with Crippen LogP contribution in [-0.4, -0.2) is 35.5 Å². The quantitative estimate of drug-likeness (QED) is 0.256. The first kappa shape index (κ1) is 28.7. The molecule has 1 amide bonds. The molecule has 0 unspecified atom stereocenters. The minimum Gasteiger partial charge on any atom is -0.348 e. The van der Waals surface area contributed by atoms with Gasteiger partial charge in [0.1, 0.15) is 17.2 Å². The zero-order valence-electron chi connectivity index (χ0n) is 24.4. The van der Waals surface area contributed by atoms with E-state index < -0.39 is 11.5 Å². The summed E-state index contributed by atoms with van der Waals surface area (Å²) in [5.74, 6) is -0.763. The summed E-state index contributed by atoms with van der Waals surface area (Å²) in [5.41, 5.74) is 1.66. The average molecular weight is 621 g/mol. The van der Waals surface area contributed by atoms with Gasteiger partial charge in [-0.05, 0) is 86.7 Å². The Balaban J connectivity index is 1.17. The number of rotatable bonds is 6. The van der Waals surface area contributed by atoms with E-state index >= 15 is 0 Å². The van der Waals surface area contributed by atoms with Crippen LogP contribution in [0.25, 0.3) is 22.4 Å². The molecule has 1 aliphatic carbocycles. The first-order valence-electron chi connectivity index (χ1n) is 14.8. The SMILES string of the molecule is Cc1cnc2c(c1)c(=O)n(C1CCC(NC(=O)c3cn4cc(F)ccc4n3)CC1)c(=O)n2-c1cccc(Sc2ccccc2)c1. The standard InChI is InChI=1S/C34H29FN6O3S/c1-21-16-28-31(36-18-21)40(25-6-5-9-27(17-25)45-26-7-3-2-4-8-26)34(44)41(33(28)43)24-13-11-23(12-14-24)37-32(42)29-20-39-19-22(35)10-15-30(39)38-29/h2-10,15-20,23-24H,11-14H2,1H3,(H,37,42). The van der Waals surface area contributed by atoms with Crippen molar-refractivity contribution in [2.75, 3.05) is 0 Å². The van der Waals surface area contributed by atoms with Gasteiger partial charge in [-0.15, -0.1) is 0 Å². The normalized spacial score (nSPS) is 16.7. The van der Waals surface area contributed by atoms with Crippen LogP contribution in [0.1, 0.15) is 47.8 Å². The van der Waals surface area contributed by atoms with Crippen LogP contribution in [0.5, 0.6) is 0 Å². The number of fused-ring (bicyclic) bond motifs is 2. The van der Waals surface area contributed by atoms with Crippen LogP contribution in [0.4, 0.5) is 4.39 Å². The Bertz CT molecular complexity index is 2180. The summed E-state index contributed by atoms with van der Waals surface area (Å²) in [6.07, 6.45) is 6.66. The van der Waals surface area contributed by atoms with Gasteiger partial charge in [-0.25, -0.2) is 23.7 Å². The molecule has 0 radical (unpaired) electrons. The third-order valence-electron chi connectivity index (χ3n) is 8.16. The van der Waals surface area contributed by atoms with E-state index in [9.17, 15) is 18.8 Å². The van der Waals surface area contributed by atoms with Crippen LogP contribution in [0.3, 0.4) is 0 Å². The zero-order valence-corrected chi connectivity index (χ0v) is 25.2. The van der Waals surface area contributed by atoms with E-state index in [4.69, 9.17) is 0 Å². The van der Waals surface area contributed by atoms with E-state index in [1.165, 1.54) is 38.1 Å². The fourth-order valence-electron chi connectivity index (χ4n) is 5.99. The van der Waals surface area contributed by atoms with E-state index in [0.29, 0.717) is 48.1 Å². The second-order valence-corrected chi connectivity index (χ2v) is 12.5. The van der Waals surface area contributed by atoms with E-state index in [1.807, 2.05) is 61.5 Å². The molecule has 4 heterocycles. The maximum absolute atomic E-state index is 14.2. The Labute approximate surface area is 261 Å². The molecular formula is C34H29FN6O3S. The van der Waals surface area contributed by atoms with Crippen molar-refractivity contribution in [1.82, 2.24) is 28.8 Å². The maximum atomic E-state index is 14.2. The molecule has 0 bridgehead atoms. The van der Waals surface area contributed by atoms with Crippen LogP contribution in [-0.2, 0) is 0 Å². The van der Waals surface area contributed by atoms with Gasteiger partial charge in [-0.1, -0.05) is 36.0 Å². The van der Waals surface area contributed by atoms with Gasteiger partial charge in [0.2, 0.25) is 0 Å². The molecule has 4 aromatic heterocycles. The molecule has 7 rings (SSSR count). The summed E-state index contributed by atoms with van der Waals surface area (Å²) >= 11 is 1.59. The number of benzene rings is 2. The molecule has 45 heavy (non-hydrogen) atoms. The topological polar surface area (TPSA) is 103 Å². The summed E-state index contributed by atoms with van der Waals surface area (Å²) < 4.78 is 18.0. The van der Waals surface area contributed by atoms with Gasteiger partial charge < -0.3 is 9.72 Å². The van der Waals surface area contributed by atoms with Gasteiger partial charge in [0.25, 0.3) is 11.5 Å². The van der Waals surface area contributed by atoms with Gasteiger partial charge in [0, 0.05) is 40.5 Å². The van der Waals surface area contributed by atoms with Crippen molar-refractivity contribution < 1.29 is 9.18 Å². The minimum atomic E-state index is -0.435. The van der Waals surface area contributed by atoms with Crippen molar-refractivity contribution in [2.45, 2.75) is 54.5 Å². The van der Waals surface area contributed by atoms with Crippen molar-refractivity contribution in [2.24, 2.45) is 0 Å². The summed E-state index contributed by atoms with van der Waals surface area (Å²) in [7, 11) is 0. The summed E-state index contributed by atoms with van der Waals surface area (Å²) in [5, 5.41) is 3.40. The number of hydrogen-bond acceptors (Lipinski definition) is 6. The molecular weight excluding hydrogens is 591 g/mol. The number of amides is 1. The smallest absolute Gasteiger partial charge is 0.337 e. The lowest BCUT2D eigenvalue weighted by Crippen LogP contribution is -2.45. The molecule has 1 aliphatic rings. The van der Waals surface area contributed by atoms with Crippen LogP contribution in [0, 0.1) is 12.7 Å². The van der Waals surface area contributed by atoms with Crippen LogP contribution < -0.4 is 16.6 Å². The molecule has 1 N–H and O–H groups in total. The fraction of sp³-hybridized carbons (Fsp3) is 0.206. The Morgan fingerprint density at radius 2 is 1.71 bits per heavy atom. The number of nitrogens with zero attached hydrogens (tertiary/aromatic N) is 5. The first-order chi connectivity index (χ1) is 21.8. The van der Waals surface area contributed by atoms with Crippen molar-refractivity contribution in [3.63, 3.8) is 0 Å². The van der Waals surface area contributed by atoms with Crippen molar-refractivity contribution in [3.05, 3.63) is 129 Å². The van der Waals surface area contributed by atoms with Gasteiger partial charge >= 0.3 is 5.69 Å². The third kappa shape index (κ3) is 5.66. The molecule has 1 saturated carbocycles. The van der Waals surface area contributed by atoms with Crippen LogP contribution in [0.15, 0.2) is 111 Å². The number of carbonyl (C=O) groups excluding carboxylic acids is 1. The lowest BCUT2D eigenvalue weighted by molar-refractivity contribution is 0.0917. The van der Waals surface area contributed by atoms with E-state index in [-0.39, 0.29) is 29.2 Å². The molecule has 2 aromatic carbocycles. The molecule has 226 valence electrons. The summed E-state index contributed by atoms with van der Waals surface area (Å²) in [6.45, 7) is 1.87. The van der Waals surface area contributed by atoms with Gasteiger partial charge in [0.15, 0.2) is 5.65 Å².